The Hall–Kier alpha value is -0.660. The van der Waals surface area contributed by atoms with Crippen LogP contribution < -0.4 is 4.72 Å². The number of nitrogens with one attached hydrogen (secondary N) is 1. The average molecular weight is 263 g/mol. The molecule has 0 aromatic rings. The monoisotopic (exact) mass is 263 g/mol. The fourth-order valence-electron chi connectivity index (χ4n) is 1.76. The van der Waals surface area contributed by atoms with Gasteiger partial charge in [-0.25, -0.2) is 4.72 Å². The Labute approximate surface area is 103 Å². The lowest BCUT2D eigenvalue weighted by atomic mass is 10.1. The highest BCUT2D eigenvalue weighted by Gasteiger charge is 2.24. The quantitative estimate of drug-likeness (QED) is 0.746. The van der Waals surface area contributed by atoms with Crippen LogP contribution in [0.5, 0.6) is 0 Å². The number of amides is 1. The zero-order chi connectivity index (χ0) is 13.1. The minimum Gasteiger partial charge on any atom is -0.339 e. The predicted octanol–water partition coefficient (Wildman–Crippen LogP) is -0.217. The van der Waals surface area contributed by atoms with Gasteiger partial charge in [0.05, 0.1) is 0 Å². The fraction of sp³-hybridized carbons (Fsp3) is 0.900. The van der Waals surface area contributed by atoms with E-state index < -0.39 is 10.2 Å². The van der Waals surface area contributed by atoms with E-state index in [4.69, 9.17) is 0 Å². The molecule has 1 heterocycles. The third-order valence-electron chi connectivity index (χ3n) is 2.93. The van der Waals surface area contributed by atoms with Gasteiger partial charge in [-0.1, -0.05) is 0 Å². The number of likely N-dealkylation sites (tertiary alicyclic amines) is 1. The van der Waals surface area contributed by atoms with Gasteiger partial charge in [-0.3, -0.25) is 4.79 Å². The summed E-state index contributed by atoms with van der Waals surface area (Å²) in [6.07, 6.45) is 2.51. The molecule has 0 aromatic heterocycles. The van der Waals surface area contributed by atoms with Gasteiger partial charge in [0.1, 0.15) is 0 Å². The Morgan fingerprint density at radius 1 is 1.41 bits per heavy atom. The molecule has 1 fully saturated rings. The van der Waals surface area contributed by atoms with E-state index in [-0.39, 0.29) is 18.5 Å². The first-order valence-electron chi connectivity index (χ1n) is 5.81. The highest BCUT2D eigenvalue weighted by Crippen LogP contribution is 2.13. The number of piperidine rings is 1. The Kier molecular flexibility index (Phi) is 4.91. The van der Waals surface area contributed by atoms with E-state index >= 15 is 0 Å². The lowest BCUT2D eigenvalue weighted by Gasteiger charge is -2.32. The van der Waals surface area contributed by atoms with Crippen molar-refractivity contribution >= 4 is 16.1 Å². The van der Waals surface area contributed by atoms with Crippen LogP contribution in [0.4, 0.5) is 0 Å². The van der Waals surface area contributed by atoms with E-state index in [1.807, 2.05) is 6.92 Å². The number of nitrogens with zero attached hydrogens (tertiary/aromatic N) is 2. The average Bonchev–Trinajstić information content (AvgIpc) is 2.26. The molecular formula is C10H21N3O3S. The molecule has 1 rings (SSSR count). The summed E-state index contributed by atoms with van der Waals surface area (Å²) in [5.74, 6) is 0.118. The van der Waals surface area contributed by atoms with E-state index in [0.29, 0.717) is 6.42 Å². The van der Waals surface area contributed by atoms with Gasteiger partial charge in [0.15, 0.2) is 0 Å². The molecule has 0 aliphatic carbocycles. The van der Waals surface area contributed by atoms with Crippen LogP contribution in [0.2, 0.25) is 0 Å². The molecule has 1 amide bonds. The molecule has 6 nitrogen and oxygen atoms in total. The topological polar surface area (TPSA) is 69.7 Å². The van der Waals surface area contributed by atoms with Crippen LogP contribution in [0.15, 0.2) is 0 Å². The summed E-state index contributed by atoms with van der Waals surface area (Å²) in [7, 11) is -0.461. The fourth-order valence-corrected chi connectivity index (χ4v) is 2.47. The normalized spacial score (nSPS) is 19.8. The molecule has 7 heteroatoms. The molecular weight excluding hydrogens is 242 g/mol. The molecule has 1 aliphatic heterocycles. The molecule has 0 spiro atoms. The molecule has 0 saturated carbocycles. The highest BCUT2D eigenvalue weighted by molar-refractivity contribution is 7.87. The van der Waals surface area contributed by atoms with E-state index in [0.717, 1.165) is 23.7 Å². The van der Waals surface area contributed by atoms with Gasteiger partial charge in [0, 0.05) is 39.6 Å². The summed E-state index contributed by atoms with van der Waals surface area (Å²) in [5, 5.41) is 0. The SMILES string of the molecule is C[C@H](CNS(=O)(=O)N(C)C)N1CCCCC1=O. The smallest absolute Gasteiger partial charge is 0.279 e. The maximum atomic E-state index is 11.6. The Morgan fingerprint density at radius 2 is 2.06 bits per heavy atom. The second-order valence-corrected chi connectivity index (χ2v) is 6.50. The first-order valence-corrected chi connectivity index (χ1v) is 7.25. The molecule has 0 radical (unpaired) electrons. The van der Waals surface area contributed by atoms with Crippen molar-refractivity contribution in [2.24, 2.45) is 0 Å². The Balaban J connectivity index is 2.49. The van der Waals surface area contributed by atoms with Gasteiger partial charge in [-0.05, 0) is 19.8 Å². The molecule has 100 valence electrons. The Bertz CT molecular complexity index is 367. The molecule has 1 atom stereocenters. The largest absolute Gasteiger partial charge is 0.339 e. The van der Waals surface area contributed by atoms with E-state index in [2.05, 4.69) is 4.72 Å². The van der Waals surface area contributed by atoms with Crippen molar-refractivity contribution in [1.29, 1.82) is 0 Å². The van der Waals surface area contributed by atoms with E-state index in [1.54, 1.807) is 4.90 Å². The summed E-state index contributed by atoms with van der Waals surface area (Å²) >= 11 is 0. The zero-order valence-corrected chi connectivity index (χ0v) is 11.5. The predicted molar refractivity (Wildman–Crippen MR) is 65.6 cm³/mol. The van der Waals surface area contributed by atoms with Crippen molar-refractivity contribution < 1.29 is 13.2 Å². The lowest BCUT2D eigenvalue weighted by molar-refractivity contribution is -0.135. The van der Waals surface area contributed by atoms with Gasteiger partial charge in [0.2, 0.25) is 5.91 Å². The van der Waals surface area contributed by atoms with Crippen molar-refractivity contribution in [2.75, 3.05) is 27.2 Å². The molecule has 17 heavy (non-hydrogen) atoms. The van der Waals surface area contributed by atoms with Crippen LogP contribution in [0, 0.1) is 0 Å². The molecule has 1 saturated heterocycles. The third-order valence-corrected chi connectivity index (χ3v) is 4.43. The summed E-state index contributed by atoms with van der Waals surface area (Å²) in [4.78, 5) is 13.4. The van der Waals surface area contributed by atoms with Gasteiger partial charge >= 0.3 is 0 Å². The van der Waals surface area contributed by atoms with Crippen LogP contribution in [-0.2, 0) is 15.0 Å². The lowest BCUT2D eigenvalue weighted by Crippen LogP contribution is -2.48. The maximum absolute atomic E-state index is 11.6. The summed E-state index contributed by atoms with van der Waals surface area (Å²) in [6, 6.07) is -0.0995. The van der Waals surface area contributed by atoms with Crippen LogP contribution in [0.25, 0.3) is 0 Å². The van der Waals surface area contributed by atoms with Crippen molar-refractivity contribution in [2.45, 2.75) is 32.2 Å². The molecule has 0 unspecified atom stereocenters. The molecule has 1 N–H and O–H groups in total. The highest BCUT2D eigenvalue weighted by atomic mass is 32.2. The van der Waals surface area contributed by atoms with Crippen LogP contribution in [0.1, 0.15) is 26.2 Å². The first-order chi connectivity index (χ1) is 7.84. The number of hydrogen-bond donors (Lipinski definition) is 1. The van der Waals surface area contributed by atoms with Crippen LogP contribution >= 0.6 is 0 Å². The molecule has 0 aromatic carbocycles. The maximum Gasteiger partial charge on any atom is 0.279 e. The second kappa shape index (κ2) is 5.79. The summed E-state index contributed by atoms with van der Waals surface area (Å²) in [6.45, 7) is 2.84. The van der Waals surface area contributed by atoms with Gasteiger partial charge in [0.25, 0.3) is 10.2 Å². The van der Waals surface area contributed by atoms with Crippen molar-refractivity contribution in [3.05, 3.63) is 0 Å². The summed E-state index contributed by atoms with van der Waals surface area (Å²) in [5.41, 5.74) is 0. The van der Waals surface area contributed by atoms with Crippen molar-refractivity contribution in [1.82, 2.24) is 13.9 Å². The standard InChI is InChI=1S/C10H21N3O3S/c1-9(8-11-17(15,16)12(2)3)13-7-5-4-6-10(13)14/h9,11H,4-8H2,1-3H3/t9-/m1/s1. The Morgan fingerprint density at radius 3 is 2.59 bits per heavy atom. The van der Waals surface area contributed by atoms with Gasteiger partial charge < -0.3 is 4.90 Å². The summed E-state index contributed by atoms with van der Waals surface area (Å²) < 4.78 is 26.6. The number of rotatable bonds is 5. The van der Waals surface area contributed by atoms with Gasteiger partial charge in [-0.2, -0.15) is 12.7 Å². The minimum absolute atomic E-state index is 0.0995. The first kappa shape index (κ1) is 14.4. The third kappa shape index (κ3) is 3.93. The van der Waals surface area contributed by atoms with Crippen LogP contribution in [-0.4, -0.2) is 56.8 Å². The van der Waals surface area contributed by atoms with Crippen molar-refractivity contribution in [3.63, 3.8) is 0 Å². The van der Waals surface area contributed by atoms with Gasteiger partial charge in [-0.15, -0.1) is 0 Å². The van der Waals surface area contributed by atoms with E-state index in [9.17, 15) is 13.2 Å². The van der Waals surface area contributed by atoms with E-state index in [1.165, 1.54) is 14.1 Å². The number of carbonyl (C=O) groups excluding carboxylic acids is 1. The minimum atomic E-state index is -3.40. The second-order valence-electron chi connectivity index (χ2n) is 4.53. The molecule has 1 aliphatic rings. The van der Waals surface area contributed by atoms with Crippen molar-refractivity contribution in [3.8, 4) is 0 Å². The molecule has 0 bridgehead atoms. The van der Waals surface area contributed by atoms with Crippen LogP contribution in [0.3, 0.4) is 0 Å². The zero-order valence-electron chi connectivity index (χ0n) is 10.6. The number of carbonyl (C=O) groups is 1. The number of hydrogen-bond acceptors (Lipinski definition) is 3.